The molecule has 0 N–H and O–H groups in total. The molecule has 0 radical (unpaired) electrons. The lowest BCUT2D eigenvalue weighted by molar-refractivity contribution is 0.415. The summed E-state index contributed by atoms with van der Waals surface area (Å²) in [4.78, 5) is 0. The third-order valence-electron chi connectivity index (χ3n) is 4.11. The first-order valence-electron chi connectivity index (χ1n) is 7.81. The lowest BCUT2D eigenvalue weighted by Crippen LogP contribution is -1.90. The van der Waals surface area contributed by atoms with Crippen molar-refractivity contribution in [3.05, 3.63) is 78.9 Å². The zero-order valence-electron chi connectivity index (χ0n) is 14.0. The minimum absolute atomic E-state index is 0.852. The van der Waals surface area contributed by atoms with Crippen LogP contribution < -0.4 is 9.47 Å². The highest BCUT2D eigenvalue weighted by molar-refractivity contribution is 5.86. The third-order valence-corrected chi connectivity index (χ3v) is 4.11. The van der Waals surface area contributed by atoms with Crippen molar-refractivity contribution in [3.8, 4) is 33.8 Å². The first-order chi connectivity index (χ1) is 11.8. The molecule has 0 aliphatic rings. The fraction of sp³-hybridized carbons (Fsp3) is 0.0909. The number of hydrogen-bond donors (Lipinski definition) is 0. The molecule has 3 aromatic carbocycles. The van der Waals surface area contributed by atoms with Crippen LogP contribution in [0.3, 0.4) is 0 Å². The van der Waals surface area contributed by atoms with E-state index in [-0.39, 0.29) is 0 Å². The molecule has 0 aliphatic heterocycles. The average molecular weight is 316 g/mol. The SMILES string of the molecule is C=Cc1c(-c2ccc(OC)cc2)cccc1-c1ccc(OC)cc1. The molecule has 0 aromatic heterocycles. The van der Waals surface area contributed by atoms with Gasteiger partial charge in [-0.2, -0.15) is 0 Å². The van der Waals surface area contributed by atoms with E-state index in [1.807, 2.05) is 30.3 Å². The molecule has 0 amide bonds. The molecule has 3 rings (SSSR count). The molecule has 2 heteroatoms. The first-order valence-corrected chi connectivity index (χ1v) is 7.81. The van der Waals surface area contributed by atoms with Gasteiger partial charge in [0.05, 0.1) is 14.2 Å². The molecule has 0 aliphatic carbocycles. The largest absolute Gasteiger partial charge is 0.497 e. The Labute approximate surface area is 143 Å². The van der Waals surface area contributed by atoms with Crippen LogP contribution in [-0.4, -0.2) is 14.2 Å². The van der Waals surface area contributed by atoms with Crippen molar-refractivity contribution in [2.75, 3.05) is 14.2 Å². The molecule has 3 aromatic rings. The molecule has 0 unspecified atom stereocenters. The van der Waals surface area contributed by atoms with Gasteiger partial charge < -0.3 is 9.47 Å². The fourth-order valence-electron chi connectivity index (χ4n) is 2.83. The summed E-state index contributed by atoms with van der Waals surface area (Å²) in [6, 6.07) is 22.5. The summed E-state index contributed by atoms with van der Waals surface area (Å²) in [5.74, 6) is 1.70. The molecular weight excluding hydrogens is 296 g/mol. The number of hydrogen-bond acceptors (Lipinski definition) is 2. The first kappa shape index (κ1) is 15.9. The van der Waals surface area contributed by atoms with Gasteiger partial charge in [-0.3, -0.25) is 0 Å². The molecule has 0 heterocycles. The standard InChI is InChI=1S/C22H20O2/c1-4-20-21(16-8-12-18(23-2)13-9-16)6-5-7-22(20)17-10-14-19(24-3)15-11-17/h4-15H,1H2,2-3H3. The highest BCUT2D eigenvalue weighted by atomic mass is 16.5. The molecule has 2 nitrogen and oxygen atoms in total. The molecule has 120 valence electrons. The Morgan fingerprint density at radius 2 is 1.08 bits per heavy atom. The van der Waals surface area contributed by atoms with E-state index in [1.165, 1.54) is 0 Å². The van der Waals surface area contributed by atoms with Gasteiger partial charge in [0.15, 0.2) is 0 Å². The van der Waals surface area contributed by atoms with Gasteiger partial charge in [0, 0.05) is 0 Å². The van der Waals surface area contributed by atoms with Crippen LogP contribution in [0.5, 0.6) is 11.5 Å². The number of ether oxygens (including phenoxy) is 2. The highest BCUT2D eigenvalue weighted by Gasteiger charge is 2.09. The summed E-state index contributed by atoms with van der Waals surface area (Å²) in [6.45, 7) is 4.02. The van der Waals surface area contributed by atoms with Crippen LogP contribution in [0, 0.1) is 0 Å². The molecule has 0 spiro atoms. The van der Waals surface area contributed by atoms with Crippen molar-refractivity contribution < 1.29 is 9.47 Å². The Bertz CT molecular complexity index is 765. The summed E-state index contributed by atoms with van der Waals surface area (Å²) in [6.07, 6.45) is 1.92. The van der Waals surface area contributed by atoms with Crippen molar-refractivity contribution in [1.82, 2.24) is 0 Å². The summed E-state index contributed by atoms with van der Waals surface area (Å²) < 4.78 is 10.5. The monoisotopic (exact) mass is 316 g/mol. The summed E-state index contributed by atoms with van der Waals surface area (Å²) in [5, 5.41) is 0. The smallest absolute Gasteiger partial charge is 0.118 e. The topological polar surface area (TPSA) is 18.5 Å². The average Bonchev–Trinajstić information content (AvgIpc) is 2.67. The minimum atomic E-state index is 0.852. The zero-order chi connectivity index (χ0) is 16.9. The Morgan fingerprint density at radius 3 is 1.42 bits per heavy atom. The van der Waals surface area contributed by atoms with Crippen LogP contribution >= 0.6 is 0 Å². The Kier molecular flexibility index (Phi) is 4.66. The Hall–Kier alpha value is -3.00. The molecular formula is C22H20O2. The quantitative estimate of drug-likeness (QED) is 0.603. The summed E-state index contributed by atoms with van der Waals surface area (Å²) in [7, 11) is 3.35. The maximum absolute atomic E-state index is 5.24. The van der Waals surface area contributed by atoms with E-state index < -0.39 is 0 Å². The van der Waals surface area contributed by atoms with Gasteiger partial charge in [0.2, 0.25) is 0 Å². The molecule has 0 bridgehead atoms. The normalized spacial score (nSPS) is 10.2. The Morgan fingerprint density at radius 1 is 0.667 bits per heavy atom. The van der Waals surface area contributed by atoms with E-state index in [2.05, 4.69) is 49.0 Å². The van der Waals surface area contributed by atoms with Crippen molar-refractivity contribution >= 4 is 6.08 Å². The predicted octanol–water partition coefficient (Wildman–Crippen LogP) is 5.68. The zero-order valence-corrected chi connectivity index (χ0v) is 14.0. The van der Waals surface area contributed by atoms with Crippen LogP contribution in [0.1, 0.15) is 5.56 Å². The number of benzene rings is 3. The van der Waals surface area contributed by atoms with E-state index in [0.29, 0.717) is 0 Å². The van der Waals surface area contributed by atoms with Gasteiger partial charge in [-0.05, 0) is 52.1 Å². The lowest BCUT2D eigenvalue weighted by Gasteiger charge is -2.13. The predicted molar refractivity (Wildman–Crippen MR) is 101 cm³/mol. The second-order valence-electron chi connectivity index (χ2n) is 5.43. The van der Waals surface area contributed by atoms with Crippen molar-refractivity contribution in [2.24, 2.45) is 0 Å². The fourth-order valence-corrected chi connectivity index (χ4v) is 2.83. The van der Waals surface area contributed by atoms with E-state index in [1.54, 1.807) is 14.2 Å². The van der Waals surface area contributed by atoms with Gasteiger partial charge in [0.25, 0.3) is 0 Å². The van der Waals surface area contributed by atoms with E-state index in [4.69, 9.17) is 9.47 Å². The minimum Gasteiger partial charge on any atom is -0.497 e. The van der Waals surface area contributed by atoms with Crippen LogP contribution in [0.25, 0.3) is 28.3 Å². The molecule has 24 heavy (non-hydrogen) atoms. The number of methoxy groups -OCH3 is 2. The van der Waals surface area contributed by atoms with Crippen LogP contribution in [0.4, 0.5) is 0 Å². The second-order valence-corrected chi connectivity index (χ2v) is 5.43. The van der Waals surface area contributed by atoms with Crippen LogP contribution in [0.15, 0.2) is 73.3 Å². The molecule has 0 saturated heterocycles. The maximum atomic E-state index is 5.24. The van der Waals surface area contributed by atoms with Gasteiger partial charge in [-0.1, -0.05) is 55.1 Å². The lowest BCUT2D eigenvalue weighted by atomic mass is 9.92. The molecule has 0 saturated carbocycles. The maximum Gasteiger partial charge on any atom is 0.118 e. The van der Waals surface area contributed by atoms with Gasteiger partial charge >= 0.3 is 0 Å². The van der Waals surface area contributed by atoms with Crippen molar-refractivity contribution in [1.29, 1.82) is 0 Å². The second kappa shape index (κ2) is 7.05. The highest BCUT2D eigenvalue weighted by Crippen LogP contribution is 2.34. The van der Waals surface area contributed by atoms with Crippen molar-refractivity contribution in [3.63, 3.8) is 0 Å². The number of rotatable bonds is 5. The van der Waals surface area contributed by atoms with E-state index in [0.717, 1.165) is 39.3 Å². The van der Waals surface area contributed by atoms with E-state index in [9.17, 15) is 0 Å². The van der Waals surface area contributed by atoms with Crippen LogP contribution in [0.2, 0.25) is 0 Å². The molecule has 0 atom stereocenters. The summed E-state index contributed by atoms with van der Waals surface area (Å²) in [5.41, 5.74) is 5.71. The van der Waals surface area contributed by atoms with Gasteiger partial charge in [-0.15, -0.1) is 0 Å². The third kappa shape index (κ3) is 3.04. The Balaban J connectivity index is 2.09. The van der Waals surface area contributed by atoms with Gasteiger partial charge in [-0.25, -0.2) is 0 Å². The van der Waals surface area contributed by atoms with E-state index >= 15 is 0 Å². The summed E-state index contributed by atoms with van der Waals surface area (Å²) >= 11 is 0. The molecule has 0 fully saturated rings. The van der Waals surface area contributed by atoms with Crippen LogP contribution in [-0.2, 0) is 0 Å². The van der Waals surface area contributed by atoms with Gasteiger partial charge in [0.1, 0.15) is 11.5 Å². The van der Waals surface area contributed by atoms with Crippen molar-refractivity contribution in [2.45, 2.75) is 0 Å².